The second kappa shape index (κ2) is 11.2. The highest BCUT2D eigenvalue weighted by molar-refractivity contribution is 5.85. The number of nitrogens with one attached hydrogen (secondary N) is 1. The van der Waals surface area contributed by atoms with Crippen LogP contribution in [-0.2, 0) is 16.0 Å². The number of β-amino-alcohol motifs (C(OH)–C–C–N with tert-alkyl or cyclic N) is 1. The number of carboxylic acid groups (broad SMARTS) is 1. The number of rotatable bonds is 11. The van der Waals surface area contributed by atoms with Crippen LogP contribution in [0.25, 0.3) is 16.8 Å². The fraction of sp³-hybridized carbons (Fsp3) is 0.321. The summed E-state index contributed by atoms with van der Waals surface area (Å²) in [5.74, 6) is -0.994. The molecule has 0 heterocycles. The Morgan fingerprint density at radius 1 is 1.06 bits per heavy atom. The van der Waals surface area contributed by atoms with Crippen molar-refractivity contribution in [3.05, 3.63) is 89.5 Å². The van der Waals surface area contributed by atoms with Crippen LogP contribution in [0.3, 0.4) is 0 Å². The van der Waals surface area contributed by atoms with Crippen LogP contribution >= 0.6 is 0 Å². The first kappa shape index (κ1) is 24.6. The van der Waals surface area contributed by atoms with Gasteiger partial charge < -0.3 is 20.3 Å². The molecule has 5 heteroatoms. The van der Waals surface area contributed by atoms with Gasteiger partial charge in [0.25, 0.3) is 0 Å². The van der Waals surface area contributed by atoms with Gasteiger partial charge in [-0.2, -0.15) is 0 Å². The summed E-state index contributed by atoms with van der Waals surface area (Å²) in [5.41, 5.74) is 2.73. The van der Waals surface area contributed by atoms with Crippen molar-refractivity contribution in [3.63, 3.8) is 0 Å². The number of hydrogen-bond donors (Lipinski definition) is 3. The second-order valence-electron chi connectivity index (χ2n) is 9.05. The number of ether oxygens (including phenoxy) is 1. The number of aliphatic hydroxyl groups is 1. The van der Waals surface area contributed by atoms with E-state index in [1.165, 1.54) is 16.3 Å². The van der Waals surface area contributed by atoms with Crippen molar-refractivity contribution in [1.29, 1.82) is 0 Å². The molecule has 3 rings (SSSR count). The third-order valence-corrected chi connectivity index (χ3v) is 5.65. The molecular formula is C28H33NO4. The number of fused-ring (bicyclic) bond motifs is 1. The number of carbonyl (C=O) groups is 1. The van der Waals surface area contributed by atoms with Crippen LogP contribution in [0.5, 0.6) is 0 Å². The minimum absolute atomic E-state index is 0.178. The van der Waals surface area contributed by atoms with Gasteiger partial charge in [0.2, 0.25) is 0 Å². The zero-order valence-electron chi connectivity index (χ0n) is 19.5. The van der Waals surface area contributed by atoms with Crippen molar-refractivity contribution in [3.8, 4) is 0 Å². The highest BCUT2D eigenvalue weighted by atomic mass is 16.5. The molecule has 0 radical (unpaired) electrons. The van der Waals surface area contributed by atoms with Gasteiger partial charge in [0.1, 0.15) is 0 Å². The molecule has 0 aliphatic rings. The predicted octanol–water partition coefficient (Wildman–Crippen LogP) is 4.99. The molecule has 33 heavy (non-hydrogen) atoms. The molecule has 0 spiro atoms. The number of hydrogen-bond acceptors (Lipinski definition) is 4. The van der Waals surface area contributed by atoms with E-state index in [-0.39, 0.29) is 18.2 Å². The smallest absolute Gasteiger partial charge is 0.328 e. The molecule has 2 atom stereocenters. The van der Waals surface area contributed by atoms with Gasteiger partial charge in [-0.05, 0) is 60.7 Å². The topological polar surface area (TPSA) is 78.8 Å². The van der Waals surface area contributed by atoms with Gasteiger partial charge in [0, 0.05) is 18.2 Å². The van der Waals surface area contributed by atoms with E-state index in [0.29, 0.717) is 6.54 Å². The molecule has 3 aromatic rings. The van der Waals surface area contributed by atoms with E-state index in [4.69, 9.17) is 9.84 Å². The Hall–Kier alpha value is -2.99. The van der Waals surface area contributed by atoms with Crippen LogP contribution < -0.4 is 5.32 Å². The molecule has 174 valence electrons. The molecule has 0 saturated heterocycles. The minimum atomic E-state index is -0.994. The van der Waals surface area contributed by atoms with Crippen molar-refractivity contribution >= 4 is 22.8 Å². The Labute approximate surface area is 195 Å². The summed E-state index contributed by atoms with van der Waals surface area (Å²) in [4.78, 5) is 10.8. The van der Waals surface area contributed by atoms with Gasteiger partial charge in [0.05, 0.1) is 18.8 Å². The summed E-state index contributed by atoms with van der Waals surface area (Å²) in [5, 5.41) is 25.3. The maximum atomic E-state index is 10.8. The minimum Gasteiger partial charge on any atom is -0.478 e. The first-order valence-electron chi connectivity index (χ1n) is 11.3. The molecule has 3 aromatic carbocycles. The van der Waals surface area contributed by atoms with Crippen LogP contribution in [0.15, 0.2) is 72.8 Å². The Balaban J connectivity index is 1.51. The fourth-order valence-corrected chi connectivity index (χ4v) is 3.91. The molecule has 0 aliphatic carbocycles. The van der Waals surface area contributed by atoms with Crippen molar-refractivity contribution in [2.75, 3.05) is 13.2 Å². The number of carboxylic acids is 1. The molecule has 3 N–H and O–H groups in total. The van der Waals surface area contributed by atoms with Crippen molar-refractivity contribution in [1.82, 2.24) is 5.32 Å². The van der Waals surface area contributed by atoms with Gasteiger partial charge in [0.15, 0.2) is 0 Å². The van der Waals surface area contributed by atoms with Crippen molar-refractivity contribution in [2.45, 2.75) is 44.9 Å². The van der Waals surface area contributed by atoms with Crippen LogP contribution in [-0.4, -0.2) is 41.0 Å². The Morgan fingerprint density at radius 3 is 2.52 bits per heavy atom. The molecule has 0 saturated carbocycles. The van der Waals surface area contributed by atoms with E-state index < -0.39 is 12.1 Å². The monoisotopic (exact) mass is 447 g/mol. The number of benzene rings is 3. The lowest BCUT2D eigenvalue weighted by atomic mass is 9.93. The third-order valence-electron chi connectivity index (χ3n) is 5.65. The molecule has 0 amide bonds. The first-order chi connectivity index (χ1) is 15.7. The Bertz CT molecular complexity index is 1110. The molecule has 5 nitrogen and oxygen atoms in total. The summed E-state index contributed by atoms with van der Waals surface area (Å²) >= 11 is 0. The van der Waals surface area contributed by atoms with Crippen LogP contribution in [0.1, 0.15) is 43.6 Å². The average Bonchev–Trinajstić information content (AvgIpc) is 2.79. The summed E-state index contributed by atoms with van der Waals surface area (Å²) in [6, 6.07) is 22.3. The van der Waals surface area contributed by atoms with E-state index >= 15 is 0 Å². The zero-order valence-corrected chi connectivity index (χ0v) is 19.5. The molecule has 0 fully saturated rings. The Morgan fingerprint density at radius 2 is 1.76 bits per heavy atom. The van der Waals surface area contributed by atoms with Gasteiger partial charge >= 0.3 is 5.97 Å². The highest BCUT2D eigenvalue weighted by Crippen LogP contribution is 2.23. The van der Waals surface area contributed by atoms with E-state index in [1.54, 1.807) is 6.08 Å². The fourth-order valence-electron chi connectivity index (χ4n) is 3.91. The predicted molar refractivity (Wildman–Crippen MR) is 133 cm³/mol. The van der Waals surface area contributed by atoms with Gasteiger partial charge in [-0.3, -0.25) is 0 Å². The summed E-state index contributed by atoms with van der Waals surface area (Å²) in [6.07, 6.45) is 2.57. The molecule has 0 aliphatic heterocycles. The second-order valence-corrected chi connectivity index (χ2v) is 9.05. The van der Waals surface area contributed by atoms with Crippen LogP contribution in [0.2, 0.25) is 0 Å². The highest BCUT2D eigenvalue weighted by Gasteiger charge is 2.20. The van der Waals surface area contributed by atoms with E-state index in [1.807, 2.05) is 43.3 Å². The van der Waals surface area contributed by atoms with E-state index in [0.717, 1.165) is 23.6 Å². The maximum absolute atomic E-state index is 10.8. The lowest BCUT2D eigenvalue weighted by Crippen LogP contribution is -2.46. The zero-order chi connectivity index (χ0) is 23.8. The van der Waals surface area contributed by atoms with Gasteiger partial charge in [-0.25, -0.2) is 4.79 Å². The number of aliphatic carboxylic acids is 1. The lowest BCUT2D eigenvalue weighted by molar-refractivity contribution is -0.131. The maximum Gasteiger partial charge on any atom is 0.328 e. The Kier molecular flexibility index (Phi) is 8.39. The van der Waals surface area contributed by atoms with Crippen LogP contribution in [0.4, 0.5) is 0 Å². The summed E-state index contributed by atoms with van der Waals surface area (Å²) in [7, 11) is 0. The molecule has 0 bridgehead atoms. The van der Waals surface area contributed by atoms with E-state index in [9.17, 15) is 9.90 Å². The van der Waals surface area contributed by atoms with Gasteiger partial charge in [-0.15, -0.1) is 0 Å². The molecule has 0 unspecified atom stereocenters. The van der Waals surface area contributed by atoms with Gasteiger partial charge in [-0.1, -0.05) is 66.7 Å². The third kappa shape index (κ3) is 7.53. The normalized spacial score (nSPS) is 13.9. The van der Waals surface area contributed by atoms with E-state index in [2.05, 4.69) is 49.5 Å². The summed E-state index contributed by atoms with van der Waals surface area (Å²) in [6.45, 7) is 6.75. The number of aliphatic hydroxyl groups excluding tert-OH is 1. The van der Waals surface area contributed by atoms with Crippen LogP contribution in [0, 0.1) is 0 Å². The largest absolute Gasteiger partial charge is 0.478 e. The standard InChI is InChI=1S/C28H33NO4/c1-20(26-11-7-6-9-23(26)14-15-27(31)32)33-19-25(30)18-29-28(2,3)17-21-12-13-22-8-4-5-10-24(22)16-21/h4-16,20,25,29-30H,17-19H2,1-3H3,(H,31,32)/b15-14+/t20-,25-/m1/s1. The average molecular weight is 448 g/mol. The molecule has 0 aromatic heterocycles. The first-order valence-corrected chi connectivity index (χ1v) is 11.3. The molecular weight excluding hydrogens is 414 g/mol. The quantitative estimate of drug-likeness (QED) is 0.361. The SMILES string of the molecule is C[C@@H](OC[C@H](O)CNC(C)(C)Cc1ccc2ccccc2c1)c1ccccc1/C=C/C(=O)O. The lowest BCUT2D eigenvalue weighted by Gasteiger charge is -2.28. The van der Waals surface area contributed by atoms with Crippen molar-refractivity contribution in [2.24, 2.45) is 0 Å². The van der Waals surface area contributed by atoms with Crippen molar-refractivity contribution < 1.29 is 19.7 Å². The summed E-state index contributed by atoms with van der Waals surface area (Å²) < 4.78 is 5.90.